The summed E-state index contributed by atoms with van der Waals surface area (Å²) in [7, 11) is 0. The van der Waals surface area contributed by atoms with Crippen LogP contribution in [0.2, 0.25) is 0 Å². The van der Waals surface area contributed by atoms with Gasteiger partial charge in [0.1, 0.15) is 0 Å². The summed E-state index contributed by atoms with van der Waals surface area (Å²) in [6, 6.07) is 0. The topological polar surface area (TPSA) is 0 Å². The van der Waals surface area contributed by atoms with Crippen molar-refractivity contribution in [2.45, 2.75) is 54.1 Å². The SMILES string of the molecule is CCCCCCC1CSc2cscc2S1. The highest BCUT2D eigenvalue weighted by atomic mass is 32.2. The maximum Gasteiger partial charge on any atom is 0.0318 e. The smallest absolute Gasteiger partial charge is 0.0318 e. The first-order valence-electron chi connectivity index (χ1n) is 5.75. The van der Waals surface area contributed by atoms with Crippen LogP contribution in [0.1, 0.15) is 39.0 Å². The van der Waals surface area contributed by atoms with Crippen molar-refractivity contribution < 1.29 is 0 Å². The predicted molar refractivity (Wildman–Crippen MR) is 73.4 cm³/mol. The fourth-order valence-corrected chi connectivity index (χ4v) is 5.70. The van der Waals surface area contributed by atoms with E-state index in [1.807, 2.05) is 11.3 Å². The lowest BCUT2D eigenvalue weighted by molar-refractivity contribution is 0.632. The van der Waals surface area contributed by atoms with Crippen molar-refractivity contribution in [3.8, 4) is 0 Å². The highest BCUT2D eigenvalue weighted by molar-refractivity contribution is 8.06. The van der Waals surface area contributed by atoms with E-state index in [4.69, 9.17) is 0 Å². The average Bonchev–Trinajstić information content (AvgIpc) is 2.71. The van der Waals surface area contributed by atoms with Crippen molar-refractivity contribution in [3.63, 3.8) is 0 Å². The summed E-state index contributed by atoms with van der Waals surface area (Å²) in [4.78, 5) is 3.06. The molecule has 0 radical (unpaired) electrons. The minimum Gasteiger partial charge on any atom is -0.150 e. The molecular weight excluding hydrogens is 240 g/mol. The monoisotopic (exact) mass is 258 g/mol. The Bertz CT molecular complexity index is 293. The number of fused-ring (bicyclic) bond motifs is 1. The predicted octanol–water partition coefficient (Wildman–Crippen LogP) is 5.28. The molecule has 84 valence electrons. The van der Waals surface area contributed by atoms with Gasteiger partial charge in [-0.3, -0.25) is 0 Å². The quantitative estimate of drug-likeness (QED) is 0.659. The van der Waals surface area contributed by atoms with Crippen LogP contribution in [0.15, 0.2) is 20.6 Å². The molecule has 0 nitrogen and oxygen atoms in total. The Balaban J connectivity index is 1.73. The van der Waals surface area contributed by atoms with Gasteiger partial charge in [0.25, 0.3) is 0 Å². The third-order valence-corrected chi connectivity index (χ3v) is 6.62. The van der Waals surface area contributed by atoms with E-state index in [9.17, 15) is 0 Å². The van der Waals surface area contributed by atoms with Gasteiger partial charge in [0.2, 0.25) is 0 Å². The highest BCUT2D eigenvalue weighted by Crippen LogP contribution is 2.44. The van der Waals surface area contributed by atoms with E-state index in [-0.39, 0.29) is 0 Å². The van der Waals surface area contributed by atoms with Gasteiger partial charge in [-0.1, -0.05) is 32.6 Å². The summed E-state index contributed by atoms with van der Waals surface area (Å²) >= 11 is 6.02. The van der Waals surface area contributed by atoms with Crippen LogP contribution in [-0.2, 0) is 0 Å². The Hall–Kier alpha value is 0.400. The number of unbranched alkanes of at least 4 members (excludes halogenated alkanes) is 3. The largest absolute Gasteiger partial charge is 0.150 e. The first-order chi connectivity index (χ1) is 7.40. The lowest BCUT2D eigenvalue weighted by atomic mass is 10.1. The van der Waals surface area contributed by atoms with Crippen LogP contribution in [-0.4, -0.2) is 11.0 Å². The molecule has 0 spiro atoms. The van der Waals surface area contributed by atoms with Crippen LogP contribution in [0, 0.1) is 0 Å². The average molecular weight is 258 g/mol. The van der Waals surface area contributed by atoms with E-state index < -0.39 is 0 Å². The maximum absolute atomic E-state index is 2.31. The van der Waals surface area contributed by atoms with Gasteiger partial charge in [-0.05, 0) is 6.42 Å². The second-order valence-electron chi connectivity index (χ2n) is 4.00. The van der Waals surface area contributed by atoms with Gasteiger partial charge < -0.3 is 0 Å². The van der Waals surface area contributed by atoms with Crippen LogP contribution in [0.4, 0.5) is 0 Å². The van der Waals surface area contributed by atoms with E-state index in [1.165, 1.54) is 47.6 Å². The van der Waals surface area contributed by atoms with Crippen molar-refractivity contribution in [3.05, 3.63) is 10.8 Å². The van der Waals surface area contributed by atoms with Gasteiger partial charge in [0.15, 0.2) is 0 Å². The third kappa shape index (κ3) is 3.43. The molecule has 2 heterocycles. The molecule has 0 saturated carbocycles. The molecule has 0 bridgehead atoms. The fourth-order valence-electron chi connectivity index (χ4n) is 1.80. The molecule has 15 heavy (non-hydrogen) atoms. The molecule has 0 saturated heterocycles. The zero-order valence-corrected chi connectivity index (χ0v) is 11.6. The van der Waals surface area contributed by atoms with Crippen molar-refractivity contribution in [1.82, 2.24) is 0 Å². The minimum atomic E-state index is 0.869. The Morgan fingerprint density at radius 3 is 2.93 bits per heavy atom. The number of hydrogen-bond donors (Lipinski definition) is 0. The number of hydrogen-bond acceptors (Lipinski definition) is 3. The van der Waals surface area contributed by atoms with Crippen LogP contribution in [0.5, 0.6) is 0 Å². The Kier molecular flexibility index (Phi) is 4.92. The first kappa shape index (κ1) is 11.9. The van der Waals surface area contributed by atoms with E-state index in [0.717, 1.165) is 5.25 Å². The van der Waals surface area contributed by atoms with Crippen LogP contribution in [0.3, 0.4) is 0 Å². The van der Waals surface area contributed by atoms with Gasteiger partial charge in [-0.25, -0.2) is 0 Å². The Morgan fingerprint density at radius 1 is 1.20 bits per heavy atom. The van der Waals surface area contributed by atoms with Gasteiger partial charge in [0, 0.05) is 31.6 Å². The minimum absolute atomic E-state index is 0.869. The molecule has 0 aliphatic carbocycles. The summed E-state index contributed by atoms with van der Waals surface area (Å²) in [5.41, 5.74) is 0. The van der Waals surface area contributed by atoms with E-state index in [1.54, 1.807) is 0 Å². The zero-order valence-electron chi connectivity index (χ0n) is 9.20. The molecule has 1 unspecified atom stereocenters. The fraction of sp³-hybridized carbons (Fsp3) is 0.667. The molecule has 3 heteroatoms. The van der Waals surface area contributed by atoms with Crippen molar-refractivity contribution >= 4 is 34.9 Å². The molecule has 2 rings (SSSR count). The summed E-state index contributed by atoms with van der Waals surface area (Å²) in [6.07, 6.45) is 7.02. The van der Waals surface area contributed by atoms with Crippen molar-refractivity contribution in [2.24, 2.45) is 0 Å². The second-order valence-corrected chi connectivity index (χ2v) is 7.15. The third-order valence-electron chi connectivity index (χ3n) is 2.69. The molecule has 0 aromatic carbocycles. The van der Waals surface area contributed by atoms with E-state index >= 15 is 0 Å². The van der Waals surface area contributed by atoms with Gasteiger partial charge in [-0.2, -0.15) is 11.3 Å². The lowest BCUT2D eigenvalue weighted by Gasteiger charge is -2.20. The van der Waals surface area contributed by atoms with Crippen LogP contribution < -0.4 is 0 Å². The molecular formula is C12H18S3. The summed E-state index contributed by atoms with van der Waals surface area (Å²) in [5.74, 6) is 1.32. The standard InChI is InChI=1S/C12H18S3/c1-2-3-4-5-6-10-7-14-11-8-13-9-12(11)15-10/h8-10H,2-7H2,1H3. The van der Waals surface area contributed by atoms with Gasteiger partial charge >= 0.3 is 0 Å². The Labute approximate surface area is 105 Å². The number of thiophene rings is 1. The summed E-state index contributed by atoms with van der Waals surface area (Å²) in [5, 5.41) is 5.47. The van der Waals surface area contributed by atoms with Crippen molar-refractivity contribution in [2.75, 3.05) is 5.75 Å². The lowest BCUT2D eigenvalue weighted by Crippen LogP contribution is -2.09. The van der Waals surface area contributed by atoms with E-state index in [2.05, 4.69) is 41.2 Å². The molecule has 1 aliphatic rings. The van der Waals surface area contributed by atoms with Crippen molar-refractivity contribution in [1.29, 1.82) is 0 Å². The summed E-state index contributed by atoms with van der Waals surface area (Å²) in [6.45, 7) is 2.28. The van der Waals surface area contributed by atoms with Gasteiger partial charge in [0.05, 0.1) is 0 Å². The molecule has 1 aliphatic heterocycles. The molecule has 1 aromatic heterocycles. The van der Waals surface area contributed by atoms with Gasteiger partial charge in [-0.15, -0.1) is 23.5 Å². The normalized spacial score (nSPS) is 20.2. The molecule has 0 fully saturated rings. The van der Waals surface area contributed by atoms with Crippen LogP contribution in [0.25, 0.3) is 0 Å². The zero-order chi connectivity index (χ0) is 10.5. The molecule has 1 aromatic rings. The second kappa shape index (κ2) is 6.21. The number of thioether (sulfide) groups is 2. The van der Waals surface area contributed by atoms with Crippen LogP contribution >= 0.6 is 34.9 Å². The summed E-state index contributed by atoms with van der Waals surface area (Å²) < 4.78 is 0. The number of rotatable bonds is 5. The molecule has 1 atom stereocenters. The van der Waals surface area contributed by atoms with E-state index in [0.29, 0.717) is 0 Å². The first-order valence-corrected chi connectivity index (χ1v) is 8.56. The highest BCUT2D eigenvalue weighted by Gasteiger charge is 2.19. The molecule has 0 amide bonds. The molecule has 0 N–H and O–H groups in total. The Morgan fingerprint density at radius 2 is 2.07 bits per heavy atom. The maximum atomic E-state index is 2.31.